The van der Waals surface area contributed by atoms with Gasteiger partial charge in [0, 0.05) is 35.6 Å². The van der Waals surface area contributed by atoms with Crippen molar-refractivity contribution in [1.29, 1.82) is 0 Å². The number of hydrogen-bond donors (Lipinski definition) is 0. The molecule has 1 saturated carbocycles. The molecule has 1 aromatic carbocycles. The first-order chi connectivity index (χ1) is 16.9. The highest BCUT2D eigenvalue weighted by molar-refractivity contribution is 6.30. The van der Waals surface area contributed by atoms with Gasteiger partial charge in [0.15, 0.2) is 5.82 Å². The molecule has 35 heavy (non-hydrogen) atoms. The highest BCUT2D eigenvalue weighted by Gasteiger charge is 2.54. The van der Waals surface area contributed by atoms with Crippen LogP contribution in [-0.2, 0) is 17.8 Å². The van der Waals surface area contributed by atoms with Gasteiger partial charge in [-0.25, -0.2) is 9.78 Å². The summed E-state index contributed by atoms with van der Waals surface area (Å²) in [7, 11) is 0. The van der Waals surface area contributed by atoms with Crippen LogP contribution in [-0.4, -0.2) is 49.9 Å². The third-order valence-corrected chi connectivity index (χ3v) is 7.85. The quantitative estimate of drug-likeness (QED) is 0.513. The average molecular weight is 493 g/mol. The Hall–Kier alpha value is -3.13. The molecular formula is C26H29ClN6O2. The van der Waals surface area contributed by atoms with Crippen molar-refractivity contribution in [2.24, 2.45) is 5.41 Å². The molecular weight excluding hydrogens is 464 g/mol. The van der Waals surface area contributed by atoms with E-state index in [1.54, 1.807) is 4.90 Å². The van der Waals surface area contributed by atoms with E-state index in [4.69, 9.17) is 16.3 Å². The predicted molar refractivity (Wildman–Crippen MR) is 133 cm³/mol. The summed E-state index contributed by atoms with van der Waals surface area (Å²) < 4.78 is 7.77. The first kappa shape index (κ1) is 22.3. The van der Waals surface area contributed by atoms with Crippen LogP contribution in [0.15, 0.2) is 42.6 Å². The van der Waals surface area contributed by atoms with Gasteiger partial charge in [0.1, 0.15) is 17.7 Å². The minimum absolute atomic E-state index is 0.141. The maximum Gasteiger partial charge on any atom is 0.410 e. The van der Waals surface area contributed by atoms with Gasteiger partial charge in [0.2, 0.25) is 0 Å². The number of aromatic nitrogens is 4. The number of benzene rings is 1. The van der Waals surface area contributed by atoms with Crippen LogP contribution in [0.25, 0.3) is 5.69 Å². The number of carbonyl (C=O) groups is 1. The Morgan fingerprint density at radius 2 is 2.03 bits per heavy atom. The van der Waals surface area contributed by atoms with Crippen LogP contribution in [0, 0.1) is 5.41 Å². The van der Waals surface area contributed by atoms with Crippen LogP contribution in [0.4, 0.5) is 10.6 Å². The molecule has 1 saturated heterocycles. The predicted octanol–water partition coefficient (Wildman–Crippen LogP) is 4.95. The lowest BCUT2D eigenvalue weighted by Crippen LogP contribution is -2.62. The van der Waals surface area contributed by atoms with Crippen molar-refractivity contribution < 1.29 is 9.53 Å². The fraction of sp³-hybridized carbons (Fsp3) is 0.462. The van der Waals surface area contributed by atoms with Crippen molar-refractivity contribution in [3.05, 3.63) is 64.8 Å². The zero-order chi connectivity index (χ0) is 24.2. The maximum absolute atomic E-state index is 12.9. The van der Waals surface area contributed by atoms with E-state index < -0.39 is 0 Å². The summed E-state index contributed by atoms with van der Waals surface area (Å²) in [6, 6.07) is 11.9. The monoisotopic (exact) mass is 492 g/mol. The molecule has 3 aliphatic rings. The smallest absolute Gasteiger partial charge is 0.410 e. The van der Waals surface area contributed by atoms with E-state index in [-0.39, 0.29) is 12.2 Å². The normalized spacial score (nSPS) is 19.3. The minimum atomic E-state index is -0.338. The number of fused-ring (bicyclic) bond motifs is 3. The summed E-state index contributed by atoms with van der Waals surface area (Å²) in [5.74, 6) is 3.12. The Balaban J connectivity index is 1.24. The third kappa shape index (κ3) is 3.93. The molecule has 3 aromatic rings. The molecule has 0 unspecified atom stereocenters. The minimum Gasteiger partial charge on any atom is -0.446 e. The number of halogens is 1. The molecule has 182 valence electrons. The average Bonchev–Trinajstić information content (AvgIpc) is 3.12. The van der Waals surface area contributed by atoms with Crippen molar-refractivity contribution in [3.8, 4) is 5.69 Å². The van der Waals surface area contributed by atoms with Crippen LogP contribution >= 0.6 is 11.6 Å². The lowest BCUT2D eigenvalue weighted by molar-refractivity contribution is 0.0581. The van der Waals surface area contributed by atoms with Gasteiger partial charge in [-0.15, -0.1) is 10.2 Å². The van der Waals surface area contributed by atoms with Crippen LogP contribution in [0.1, 0.15) is 56.2 Å². The van der Waals surface area contributed by atoms with E-state index in [9.17, 15) is 4.79 Å². The van der Waals surface area contributed by atoms with Crippen LogP contribution < -0.4 is 4.90 Å². The van der Waals surface area contributed by atoms with E-state index in [1.807, 2.05) is 50.4 Å². The number of amides is 1. The van der Waals surface area contributed by atoms with Crippen LogP contribution in [0.2, 0.25) is 5.02 Å². The van der Waals surface area contributed by atoms with Crippen molar-refractivity contribution in [1.82, 2.24) is 24.6 Å². The molecule has 4 heterocycles. The lowest BCUT2D eigenvalue weighted by Gasteiger charge is -2.59. The van der Waals surface area contributed by atoms with Gasteiger partial charge in [-0.05, 0) is 62.1 Å². The summed E-state index contributed by atoms with van der Waals surface area (Å²) in [4.78, 5) is 21.4. The summed E-state index contributed by atoms with van der Waals surface area (Å²) in [5, 5.41) is 9.81. The van der Waals surface area contributed by atoms with Gasteiger partial charge >= 0.3 is 6.09 Å². The zero-order valence-corrected chi connectivity index (χ0v) is 20.8. The Kier molecular flexibility index (Phi) is 5.44. The lowest BCUT2D eigenvalue weighted by atomic mass is 9.57. The Morgan fingerprint density at radius 3 is 2.77 bits per heavy atom. The van der Waals surface area contributed by atoms with Gasteiger partial charge in [-0.2, -0.15) is 0 Å². The van der Waals surface area contributed by atoms with Crippen LogP contribution in [0.3, 0.4) is 0 Å². The molecule has 1 amide bonds. The second-order valence-corrected chi connectivity index (χ2v) is 10.6. The second kappa shape index (κ2) is 8.52. The molecule has 9 heteroatoms. The number of anilines is 1. The highest BCUT2D eigenvalue weighted by atomic mass is 35.5. The topological polar surface area (TPSA) is 76.4 Å². The zero-order valence-electron chi connectivity index (χ0n) is 20.0. The molecule has 1 spiro atoms. The highest BCUT2D eigenvalue weighted by Crippen LogP contribution is 2.56. The molecule has 6 rings (SSSR count). The summed E-state index contributed by atoms with van der Waals surface area (Å²) >= 11 is 6.35. The molecule has 2 aromatic heterocycles. The van der Waals surface area contributed by atoms with E-state index >= 15 is 0 Å². The van der Waals surface area contributed by atoms with Gasteiger partial charge in [-0.1, -0.05) is 24.6 Å². The van der Waals surface area contributed by atoms with E-state index in [0.717, 1.165) is 61.1 Å². The van der Waals surface area contributed by atoms with Gasteiger partial charge in [0.05, 0.1) is 18.8 Å². The summed E-state index contributed by atoms with van der Waals surface area (Å²) in [6.45, 7) is 6.73. The third-order valence-electron chi connectivity index (χ3n) is 7.62. The summed E-state index contributed by atoms with van der Waals surface area (Å²) in [5.41, 5.74) is 2.29. The first-order valence-electron chi connectivity index (χ1n) is 12.3. The number of ether oxygens (including phenoxy) is 1. The van der Waals surface area contributed by atoms with Gasteiger partial charge < -0.3 is 9.64 Å². The molecule has 1 atom stereocenters. The Bertz CT molecular complexity index is 1250. The number of nitrogens with zero attached hydrogens (tertiary/aromatic N) is 6. The molecule has 2 fully saturated rings. The number of pyridine rings is 1. The van der Waals surface area contributed by atoms with Crippen molar-refractivity contribution >= 4 is 23.5 Å². The standard InChI is InChI=1S/C26H29ClN6O2/c1-3-17(2)35-25(34)31-13-18-10-20(27)7-8-21(18)33-23(14-31)29-30-24(33)19-11-26(12-19)15-32(16-26)22-6-4-5-9-28-22/h4-10,17,19H,3,11-16H2,1-2H3/t17-/m1/s1. The molecule has 0 radical (unpaired) electrons. The fourth-order valence-corrected chi connectivity index (χ4v) is 5.84. The van der Waals surface area contributed by atoms with Crippen molar-refractivity contribution in [2.45, 2.75) is 58.2 Å². The van der Waals surface area contributed by atoms with E-state index in [2.05, 4.69) is 30.7 Å². The van der Waals surface area contributed by atoms with E-state index in [1.165, 1.54) is 0 Å². The van der Waals surface area contributed by atoms with Gasteiger partial charge in [0.25, 0.3) is 0 Å². The largest absolute Gasteiger partial charge is 0.446 e. The molecule has 0 N–H and O–H groups in total. The molecule has 0 bridgehead atoms. The first-order valence-corrected chi connectivity index (χ1v) is 12.7. The SMILES string of the molecule is CC[C@@H](C)OC(=O)N1Cc2cc(Cl)ccc2-n2c(nnc2C2CC3(C2)CN(c2ccccn2)C3)C1. The number of carbonyl (C=O) groups excluding carboxylic acids is 1. The Labute approximate surface area is 209 Å². The van der Waals surface area contributed by atoms with Crippen LogP contribution in [0.5, 0.6) is 0 Å². The fourth-order valence-electron chi connectivity index (χ4n) is 5.64. The maximum atomic E-state index is 12.9. The molecule has 2 aliphatic heterocycles. The molecule has 8 nitrogen and oxygen atoms in total. The Morgan fingerprint density at radius 1 is 1.20 bits per heavy atom. The van der Waals surface area contributed by atoms with Crippen molar-refractivity contribution in [2.75, 3.05) is 18.0 Å². The van der Waals surface area contributed by atoms with Gasteiger partial charge in [-0.3, -0.25) is 9.47 Å². The second-order valence-electron chi connectivity index (χ2n) is 10.2. The van der Waals surface area contributed by atoms with Crippen molar-refractivity contribution in [3.63, 3.8) is 0 Å². The number of hydrogen-bond acceptors (Lipinski definition) is 6. The summed E-state index contributed by atoms with van der Waals surface area (Å²) in [6.07, 6.45) is 4.30. The van der Waals surface area contributed by atoms with E-state index in [0.29, 0.717) is 29.4 Å². The molecule has 1 aliphatic carbocycles. The number of rotatable bonds is 4.